The maximum Gasteiger partial charge on any atom is 0.414 e. The Bertz CT molecular complexity index is 1450. The average molecular weight is 574 g/mol. The zero-order valence-corrected chi connectivity index (χ0v) is 23.7. The van der Waals surface area contributed by atoms with Crippen molar-refractivity contribution < 1.29 is 34.1 Å². The van der Waals surface area contributed by atoms with Crippen LogP contribution < -0.4 is 10.2 Å². The molecule has 0 aromatic heterocycles. The van der Waals surface area contributed by atoms with Crippen LogP contribution in [0.4, 0.5) is 11.4 Å². The van der Waals surface area contributed by atoms with Crippen molar-refractivity contribution in [2.75, 3.05) is 37.5 Å². The summed E-state index contributed by atoms with van der Waals surface area (Å²) in [7, 11) is 3.54. The van der Waals surface area contributed by atoms with Crippen molar-refractivity contribution >= 4 is 35.1 Å². The lowest BCUT2D eigenvalue weighted by Gasteiger charge is -2.26. The van der Waals surface area contributed by atoms with Crippen molar-refractivity contribution in [3.63, 3.8) is 0 Å². The van der Waals surface area contributed by atoms with Gasteiger partial charge in [0.25, 0.3) is 5.91 Å². The first-order valence-electron chi connectivity index (χ1n) is 13.8. The van der Waals surface area contributed by atoms with Crippen molar-refractivity contribution in [2.45, 2.75) is 38.3 Å². The molecular weight excluding hydrogens is 538 g/mol. The molecule has 3 N–H and O–H groups in total. The third kappa shape index (κ3) is 7.39. The second-order valence-electron chi connectivity index (χ2n) is 10.3. The fourth-order valence-electron chi connectivity index (χ4n) is 5.38. The molecule has 0 radical (unpaired) electrons. The number of amides is 2. The smallest absolute Gasteiger partial charge is 0.414 e. The third-order valence-corrected chi connectivity index (χ3v) is 7.55. The predicted molar refractivity (Wildman–Crippen MR) is 159 cm³/mol. The Morgan fingerprint density at radius 2 is 1.71 bits per heavy atom. The van der Waals surface area contributed by atoms with Crippen LogP contribution in [-0.4, -0.2) is 72.2 Å². The number of rotatable bonds is 7. The minimum absolute atomic E-state index is 0.0980. The van der Waals surface area contributed by atoms with Crippen LogP contribution in [0.1, 0.15) is 40.7 Å². The summed E-state index contributed by atoms with van der Waals surface area (Å²) in [5.74, 6) is -3.71. The molecule has 10 nitrogen and oxygen atoms in total. The number of likely N-dealkylation sites (tertiary alicyclic amines) is 1. The van der Waals surface area contributed by atoms with Crippen LogP contribution in [-0.2, 0) is 32.1 Å². The van der Waals surface area contributed by atoms with Gasteiger partial charge in [-0.25, -0.2) is 9.59 Å². The van der Waals surface area contributed by atoms with E-state index in [0.29, 0.717) is 23.7 Å². The largest absolute Gasteiger partial charge is 0.473 e. The Morgan fingerprint density at radius 1 is 0.976 bits per heavy atom. The maximum atomic E-state index is 13.3. The summed E-state index contributed by atoms with van der Waals surface area (Å²) in [6.45, 7) is 2.52. The van der Waals surface area contributed by atoms with Crippen LogP contribution in [0.3, 0.4) is 0 Å². The van der Waals surface area contributed by atoms with Gasteiger partial charge in [-0.15, -0.1) is 0 Å². The minimum Gasteiger partial charge on any atom is -0.473 e. The molecule has 1 atom stereocenters. The second kappa shape index (κ2) is 13.9. The Labute approximate surface area is 244 Å². The maximum absolute atomic E-state index is 13.3. The quantitative estimate of drug-likeness (QED) is 0.357. The van der Waals surface area contributed by atoms with Gasteiger partial charge < -0.3 is 25.2 Å². The number of aliphatic carboxylic acids is 2. The molecule has 1 saturated heterocycles. The Balaban J connectivity index is 0.000000612. The number of aryl methyl sites for hydroxylation is 1. The van der Waals surface area contributed by atoms with Crippen molar-refractivity contribution in [3.8, 4) is 11.1 Å². The molecular formula is C32H35N3O7. The predicted octanol–water partition coefficient (Wildman–Crippen LogP) is 4.28. The standard InChI is InChI=1S/C30H33N3O3.C2H2O4/c1-32-28-18-25(13-10-22(28)12-15-29(32)34)31-30(35)23-11-14-27(21-7-4-3-5-8-21)24(17-23)19-33-16-6-9-26(33)20-36-2;3-1(4)2(5)6/h3-5,7-8,10-11,13-14,17-18,26H,6,9,12,15-16,19-20H2,1-2H3,(H,31,35);(H,3,4)(H,5,6)/t26-;/m0./s1. The normalized spacial score (nSPS) is 16.3. The molecule has 0 spiro atoms. The van der Waals surface area contributed by atoms with E-state index < -0.39 is 11.9 Å². The van der Waals surface area contributed by atoms with E-state index in [1.165, 1.54) is 0 Å². The highest BCUT2D eigenvalue weighted by Crippen LogP contribution is 2.31. The highest BCUT2D eigenvalue weighted by molar-refractivity contribution is 6.27. The van der Waals surface area contributed by atoms with E-state index in [4.69, 9.17) is 24.5 Å². The van der Waals surface area contributed by atoms with Crippen molar-refractivity contribution in [2.24, 2.45) is 0 Å². The van der Waals surface area contributed by atoms with Crippen LogP contribution in [0.2, 0.25) is 0 Å². The minimum atomic E-state index is -1.82. The fraction of sp³-hybridized carbons (Fsp3) is 0.312. The molecule has 3 aromatic rings. The topological polar surface area (TPSA) is 136 Å². The number of hydrogen-bond acceptors (Lipinski definition) is 6. The third-order valence-electron chi connectivity index (χ3n) is 7.55. The molecule has 0 saturated carbocycles. The number of nitrogens with zero attached hydrogens (tertiary/aromatic N) is 2. The zero-order valence-electron chi connectivity index (χ0n) is 23.7. The number of fused-ring (bicyclic) bond motifs is 1. The molecule has 0 bridgehead atoms. The lowest BCUT2D eigenvalue weighted by Crippen LogP contribution is -2.32. The Hall–Kier alpha value is -4.54. The van der Waals surface area contributed by atoms with E-state index in [1.54, 1.807) is 19.1 Å². The fourth-order valence-corrected chi connectivity index (χ4v) is 5.38. The highest BCUT2D eigenvalue weighted by Gasteiger charge is 2.26. The zero-order chi connectivity index (χ0) is 30.2. The van der Waals surface area contributed by atoms with Gasteiger partial charge in [-0.3, -0.25) is 14.5 Å². The molecule has 3 aromatic carbocycles. The van der Waals surface area contributed by atoms with Crippen molar-refractivity contribution in [1.29, 1.82) is 0 Å². The molecule has 0 aliphatic carbocycles. The number of ether oxygens (including phenoxy) is 1. The van der Waals surface area contributed by atoms with Crippen LogP contribution in [0, 0.1) is 0 Å². The van der Waals surface area contributed by atoms with Gasteiger partial charge in [0.1, 0.15) is 0 Å². The van der Waals surface area contributed by atoms with Gasteiger partial charge in [0.15, 0.2) is 0 Å². The van der Waals surface area contributed by atoms with E-state index in [9.17, 15) is 9.59 Å². The summed E-state index contributed by atoms with van der Waals surface area (Å²) in [4.78, 5) is 47.8. The van der Waals surface area contributed by atoms with Crippen LogP contribution in [0.5, 0.6) is 0 Å². The van der Waals surface area contributed by atoms with Crippen LogP contribution in [0.15, 0.2) is 66.7 Å². The molecule has 2 aliphatic rings. The van der Waals surface area contributed by atoms with E-state index in [0.717, 1.165) is 66.9 Å². The highest BCUT2D eigenvalue weighted by atomic mass is 16.5. The van der Waals surface area contributed by atoms with E-state index in [1.807, 2.05) is 48.5 Å². The second-order valence-corrected chi connectivity index (χ2v) is 10.3. The number of benzene rings is 3. The van der Waals surface area contributed by atoms with Gasteiger partial charge in [0.2, 0.25) is 5.91 Å². The Kier molecular flexibility index (Phi) is 10.1. The van der Waals surface area contributed by atoms with Gasteiger partial charge in [0, 0.05) is 50.1 Å². The summed E-state index contributed by atoms with van der Waals surface area (Å²) in [6.07, 6.45) is 3.54. The van der Waals surface area contributed by atoms with Crippen LogP contribution in [0.25, 0.3) is 11.1 Å². The molecule has 42 heavy (non-hydrogen) atoms. The summed E-state index contributed by atoms with van der Waals surface area (Å²) >= 11 is 0. The molecule has 10 heteroatoms. The number of carbonyl (C=O) groups excluding carboxylic acids is 2. The van der Waals surface area contributed by atoms with E-state index in [-0.39, 0.29) is 11.8 Å². The first-order valence-corrected chi connectivity index (χ1v) is 13.8. The van der Waals surface area contributed by atoms with Gasteiger partial charge in [-0.2, -0.15) is 0 Å². The van der Waals surface area contributed by atoms with Gasteiger partial charge in [-0.05, 0) is 72.3 Å². The monoisotopic (exact) mass is 573 g/mol. The number of nitrogens with one attached hydrogen (secondary N) is 1. The van der Waals surface area contributed by atoms with Gasteiger partial charge >= 0.3 is 11.9 Å². The number of methoxy groups -OCH3 is 1. The summed E-state index contributed by atoms with van der Waals surface area (Å²) in [5, 5.41) is 17.8. The van der Waals surface area contributed by atoms with Crippen molar-refractivity contribution in [3.05, 3.63) is 83.4 Å². The average Bonchev–Trinajstić information content (AvgIpc) is 3.42. The first-order chi connectivity index (χ1) is 20.2. The Morgan fingerprint density at radius 3 is 2.40 bits per heavy atom. The van der Waals surface area contributed by atoms with Crippen LogP contribution >= 0.6 is 0 Å². The molecule has 1 fully saturated rings. The number of carboxylic acids is 2. The van der Waals surface area contributed by atoms with Crippen molar-refractivity contribution in [1.82, 2.24) is 4.90 Å². The number of anilines is 2. The molecule has 2 amide bonds. The summed E-state index contributed by atoms with van der Waals surface area (Å²) < 4.78 is 5.46. The molecule has 2 aliphatic heterocycles. The molecule has 2 heterocycles. The van der Waals surface area contributed by atoms with E-state index >= 15 is 0 Å². The lowest BCUT2D eigenvalue weighted by molar-refractivity contribution is -0.159. The number of carbonyl (C=O) groups is 4. The SMILES string of the molecule is COC[C@@H]1CCCN1Cc1cc(C(=O)Nc2ccc3c(c2)N(C)C(=O)CC3)ccc1-c1ccccc1.O=C(O)C(=O)O. The summed E-state index contributed by atoms with van der Waals surface area (Å²) in [6, 6.07) is 22.5. The molecule has 220 valence electrons. The molecule has 0 unspecified atom stereocenters. The molecule has 5 rings (SSSR count). The lowest BCUT2D eigenvalue weighted by atomic mass is 9.96. The van der Waals surface area contributed by atoms with E-state index in [2.05, 4.69) is 28.4 Å². The summed E-state index contributed by atoms with van der Waals surface area (Å²) in [5.41, 5.74) is 6.72. The van der Waals surface area contributed by atoms with Gasteiger partial charge in [-0.1, -0.05) is 42.5 Å². The first kappa shape index (κ1) is 30.4. The van der Waals surface area contributed by atoms with Gasteiger partial charge in [0.05, 0.1) is 6.61 Å². The number of carboxylic acid groups (broad SMARTS) is 2. The number of hydrogen-bond donors (Lipinski definition) is 3.